The zero-order chi connectivity index (χ0) is 16.2. The van der Waals surface area contributed by atoms with Crippen LogP contribution in [0.25, 0.3) is 0 Å². The molecule has 8 nitrogen and oxygen atoms in total. The second-order valence-electron chi connectivity index (χ2n) is 4.10. The summed E-state index contributed by atoms with van der Waals surface area (Å²) < 4.78 is 26.7. The van der Waals surface area contributed by atoms with Crippen LogP contribution in [0.2, 0.25) is 0 Å². The summed E-state index contributed by atoms with van der Waals surface area (Å²) in [5.41, 5.74) is -0.554. The van der Waals surface area contributed by atoms with Gasteiger partial charge in [-0.25, -0.2) is 13.1 Å². The molecule has 0 saturated heterocycles. The Labute approximate surface area is 130 Å². The molecule has 0 saturated carbocycles. The van der Waals surface area contributed by atoms with E-state index >= 15 is 0 Å². The number of nitro groups is 1. The van der Waals surface area contributed by atoms with E-state index in [1.807, 2.05) is 0 Å². The maximum absolute atomic E-state index is 12.1. The van der Waals surface area contributed by atoms with Crippen LogP contribution in [0.1, 0.15) is 6.92 Å². The summed E-state index contributed by atoms with van der Waals surface area (Å²) in [5.74, 6) is -0.432. The number of rotatable bonds is 6. The lowest BCUT2D eigenvalue weighted by Gasteiger charge is -2.14. The molecule has 1 amide bonds. The molecule has 1 aromatic carbocycles. The minimum Gasteiger partial charge on any atom is -0.345 e. The van der Waals surface area contributed by atoms with Crippen molar-refractivity contribution in [2.45, 2.75) is 11.8 Å². The quantitative estimate of drug-likeness (QED) is 0.587. The molecule has 0 heterocycles. The van der Waals surface area contributed by atoms with E-state index in [0.29, 0.717) is 11.0 Å². The summed E-state index contributed by atoms with van der Waals surface area (Å²) in [4.78, 5) is 22.5. The average molecular weight is 380 g/mol. The number of benzene rings is 1. The minimum atomic E-state index is -4.16. The van der Waals surface area contributed by atoms with Crippen molar-refractivity contribution in [3.8, 4) is 0 Å². The Bertz CT molecular complexity index is 662. The zero-order valence-corrected chi connectivity index (χ0v) is 13.8. The number of halogens is 1. The van der Waals surface area contributed by atoms with Crippen LogP contribution in [0.5, 0.6) is 0 Å². The van der Waals surface area contributed by atoms with Crippen molar-refractivity contribution in [2.24, 2.45) is 0 Å². The predicted molar refractivity (Wildman–Crippen MR) is 79.3 cm³/mol. The van der Waals surface area contributed by atoms with Gasteiger partial charge in [0.1, 0.15) is 0 Å². The lowest BCUT2D eigenvalue weighted by Crippen LogP contribution is -2.38. The van der Waals surface area contributed by atoms with Gasteiger partial charge in [-0.05, 0) is 19.1 Å². The fourth-order valence-electron chi connectivity index (χ4n) is 1.40. The van der Waals surface area contributed by atoms with Crippen molar-refractivity contribution in [1.82, 2.24) is 9.62 Å². The molecular weight excluding hydrogens is 366 g/mol. The lowest BCUT2D eigenvalue weighted by molar-refractivity contribution is -0.387. The molecule has 0 aliphatic carbocycles. The van der Waals surface area contributed by atoms with Gasteiger partial charge in [-0.3, -0.25) is 14.9 Å². The van der Waals surface area contributed by atoms with E-state index in [-0.39, 0.29) is 0 Å². The fraction of sp³-hybridized carbons (Fsp3) is 0.364. The van der Waals surface area contributed by atoms with Gasteiger partial charge >= 0.3 is 0 Å². The summed E-state index contributed by atoms with van der Waals surface area (Å²) >= 11 is 3.06. The third-order valence-corrected chi connectivity index (χ3v) is 4.65. The van der Waals surface area contributed by atoms with Crippen LogP contribution in [0.15, 0.2) is 27.6 Å². The van der Waals surface area contributed by atoms with Crippen LogP contribution in [0.3, 0.4) is 0 Å². The number of nitrogens with one attached hydrogen (secondary N) is 1. The van der Waals surface area contributed by atoms with Gasteiger partial charge in [0.05, 0.1) is 11.5 Å². The van der Waals surface area contributed by atoms with Gasteiger partial charge in [-0.2, -0.15) is 0 Å². The molecule has 0 unspecified atom stereocenters. The first-order chi connectivity index (χ1) is 9.69. The highest BCUT2D eigenvalue weighted by Gasteiger charge is 2.26. The van der Waals surface area contributed by atoms with E-state index in [1.54, 1.807) is 6.92 Å². The Morgan fingerprint density at radius 2 is 2.10 bits per heavy atom. The van der Waals surface area contributed by atoms with E-state index in [1.165, 1.54) is 18.0 Å². The molecule has 1 rings (SSSR count). The number of sulfonamides is 1. The van der Waals surface area contributed by atoms with Crippen LogP contribution >= 0.6 is 15.9 Å². The Kier molecular flexibility index (Phi) is 5.81. The first-order valence-electron chi connectivity index (χ1n) is 5.86. The van der Waals surface area contributed by atoms with Crippen LogP contribution < -0.4 is 4.72 Å². The summed E-state index contributed by atoms with van der Waals surface area (Å²) in [6.45, 7) is 1.71. The van der Waals surface area contributed by atoms with Crippen molar-refractivity contribution in [3.63, 3.8) is 0 Å². The highest BCUT2D eigenvalue weighted by Crippen LogP contribution is 2.26. The van der Waals surface area contributed by atoms with Crippen LogP contribution in [-0.2, 0) is 14.8 Å². The van der Waals surface area contributed by atoms with Crippen LogP contribution in [0, 0.1) is 10.1 Å². The summed E-state index contributed by atoms with van der Waals surface area (Å²) in [6.07, 6.45) is 0. The normalized spacial score (nSPS) is 11.2. The molecule has 1 aromatic rings. The molecule has 0 aliphatic rings. The maximum Gasteiger partial charge on any atom is 0.289 e. The SMILES string of the molecule is CCN(C)C(=O)CNS(=O)(=O)c1cc(Br)ccc1[N+](=O)[O-]. The number of nitro benzene ring substituents is 1. The molecule has 0 bridgehead atoms. The van der Waals surface area contributed by atoms with Gasteiger partial charge in [0.15, 0.2) is 4.90 Å². The Morgan fingerprint density at radius 1 is 1.48 bits per heavy atom. The predicted octanol–water partition coefficient (Wildman–Crippen LogP) is 1.11. The molecule has 0 aliphatic heterocycles. The number of hydrogen-bond donors (Lipinski definition) is 1. The molecule has 0 radical (unpaired) electrons. The zero-order valence-electron chi connectivity index (χ0n) is 11.4. The van der Waals surface area contributed by atoms with Gasteiger partial charge < -0.3 is 4.90 Å². The Morgan fingerprint density at radius 3 is 2.62 bits per heavy atom. The van der Waals surface area contributed by atoms with Gasteiger partial charge in [0.25, 0.3) is 5.69 Å². The molecule has 0 fully saturated rings. The topological polar surface area (TPSA) is 110 Å². The second-order valence-corrected chi connectivity index (χ2v) is 6.75. The second kappa shape index (κ2) is 6.96. The summed E-state index contributed by atoms with van der Waals surface area (Å²) in [5, 5.41) is 10.9. The van der Waals surface area contributed by atoms with Gasteiger partial charge in [-0.1, -0.05) is 15.9 Å². The molecule has 0 spiro atoms. The Hall–Kier alpha value is -1.52. The van der Waals surface area contributed by atoms with Gasteiger partial charge in [-0.15, -0.1) is 0 Å². The first kappa shape index (κ1) is 17.5. The van der Waals surface area contributed by atoms with E-state index in [9.17, 15) is 23.3 Å². The molecule has 116 valence electrons. The third-order valence-electron chi connectivity index (χ3n) is 2.72. The van der Waals surface area contributed by atoms with Crippen molar-refractivity contribution >= 4 is 37.5 Å². The van der Waals surface area contributed by atoms with Gasteiger partial charge in [0.2, 0.25) is 15.9 Å². The smallest absolute Gasteiger partial charge is 0.289 e. The Balaban J connectivity index is 3.06. The molecule has 0 aromatic heterocycles. The van der Waals surface area contributed by atoms with Crippen molar-refractivity contribution in [3.05, 3.63) is 32.8 Å². The number of carbonyl (C=O) groups is 1. The standard InChI is InChI=1S/C11H14BrN3O5S/c1-3-14(2)11(16)7-13-21(19,20)10-6-8(12)4-5-9(10)15(17)18/h4-6,13H,3,7H2,1-2H3. The number of amides is 1. The highest BCUT2D eigenvalue weighted by molar-refractivity contribution is 9.10. The lowest BCUT2D eigenvalue weighted by atomic mass is 10.3. The molecule has 10 heteroatoms. The molecular formula is C11H14BrN3O5S. The summed E-state index contributed by atoms with van der Waals surface area (Å²) in [7, 11) is -2.64. The van der Waals surface area contributed by atoms with E-state index in [4.69, 9.17) is 0 Å². The van der Waals surface area contributed by atoms with Gasteiger partial charge in [0, 0.05) is 24.1 Å². The monoisotopic (exact) mass is 379 g/mol. The third kappa shape index (κ3) is 4.48. The van der Waals surface area contributed by atoms with E-state index in [0.717, 1.165) is 12.1 Å². The number of carbonyl (C=O) groups excluding carboxylic acids is 1. The number of likely N-dealkylation sites (N-methyl/N-ethyl adjacent to an activating group) is 1. The fourth-order valence-corrected chi connectivity index (χ4v) is 3.08. The molecule has 0 atom stereocenters. The van der Waals surface area contributed by atoms with Crippen molar-refractivity contribution in [2.75, 3.05) is 20.1 Å². The number of hydrogen-bond acceptors (Lipinski definition) is 5. The van der Waals surface area contributed by atoms with Crippen molar-refractivity contribution < 1.29 is 18.1 Å². The largest absolute Gasteiger partial charge is 0.345 e. The maximum atomic E-state index is 12.1. The average Bonchev–Trinajstić information content (AvgIpc) is 2.43. The molecule has 1 N–H and O–H groups in total. The number of nitrogens with zero attached hydrogens (tertiary/aromatic N) is 2. The highest BCUT2D eigenvalue weighted by atomic mass is 79.9. The van der Waals surface area contributed by atoms with Crippen LogP contribution in [0.4, 0.5) is 5.69 Å². The minimum absolute atomic E-state index is 0.380. The summed E-state index contributed by atoms with van der Waals surface area (Å²) in [6, 6.07) is 3.57. The molecule has 21 heavy (non-hydrogen) atoms. The van der Waals surface area contributed by atoms with Crippen LogP contribution in [-0.4, -0.2) is 44.3 Å². The van der Waals surface area contributed by atoms with E-state index in [2.05, 4.69) is 20.7 Å². The van der Waals surface area contributed by atoms with E-state index < -0.39 is 38.0 Å². The van der Waals surface area contributed by atoms with Crippen molar-refractivity contribution in [1.29, 1.82) is 0 Å². The first-order valence-corrected chi connectivity index (χ1v) is 8.14.